The third-order valence-electron chi connectivity index (χ3n) is 3.25. The Kier molecular flexibility index (Phi) is 2.72. The fraction of sp³-hybridized carbons (Fsp3) is 0.417. The topological polar surface area (TPSA) is 77.2 Å². The zero-order valence-corrected chi connectivity index (χ0v) is 9.55. The molecule has 2 rings (SSSR count). The lowest BCUT2D eigenvalue weighted by Gasteiger charge is -2.22. The molecule has 0 saturated carbocycles. The minimum absolute atomic E-state index is 0.419. The molecule has 0 spiro atoms. The van der Waals surface area contributed by atoms with E-state index in [0.717, 1.165) is 5.69 Å². The van der Waals surface area contributed by atoms with Crippen LogP contribution in [-0.2, 0) is 4.79 Å². The number of rotatable bonds is 2. The Bertz CT molecular complexity index is 495. The van der Waals surface area contributed by atoms with Crippen LogP contribution in [0.15, 0.2) is 18.5 Å². The SMILES string of the molecule is CC1(C(=O)O)CCN(c2cnccc2C#N)C1. The smallest absolute Gasteiger partial charge is 0.311 e. The molecule has 0 radical (unpaired) electrons. The van der Waals surface area contributed by atoms with E-state index >= 15 is 0 Å². The van der Waals surface area contributed by atoms with Gasteiger partial charge in [0.15, 0.2) is 0 Å². The number of hydrogen-bond acceptors (Lipinski definition) is 4. The van der Waals surface area contributed by atoms with Crippen LogP contribution in [0.3, 0.4) is 0 Å². The van der Waals surface area contributed by atoms with E-state index in [1.54, 1.807) is 25.4 Å². The van der Waals surface area contributed by atoms with Crippen LogP contribution in [0.4, 0.5) is 5.69 Å². The normalized spacial score (nSPS) is 23.4. The van der Waals surface area contributed by atoms with Gasteiger partial charge in [-0.2, -0.15) is 5.26 Å². The van der Waals surface area contributed by atoms with Gasteiger partial charge in [-0.15, -0.1) is 0 Å². The number of hydrogen-bond donors (Lipinski definition) is 1. The molecule has 1 unspecified atom stereocenters. The van der Waals surface area contributed by atoms with Crippen molar-refractivity contribution < 1.29 is 9.90 Å². The maximum Gasteiger partial charge on any atom is 0.311 e. The van der Waals surface area contributed by atoms with E-state index in [1.165, 1.54) is 0 Å². The van der Waals surface area contributed by atoms with E-state index in [9.17, 15) is 4.79 Å². The van der Waals surface area contributed by atoms with Crippen LogP contribution >= 0.6 is 0 Å². The Labute approximate surface area is 99.3 Å². The molecule has 88 valence electrons. The summed E-state index contributed by atoms with van der Waals surface area (Å²) < 4.78 is 0. The summed E-state index contributed by atoms with van der Waals surface area (Å²) in [7, 11) is 0. The summed E-state index contributed by atoms with van der Waals surface area (Å²) in [6, 6.07) is 3.74. The van der Waals surface area contributed by atoms with Crippen molar-refractivity contribution in [2.75, 3.05) is 18.0 Å². The lowest BCUT2D eigenvalue weighted by Crippen LogP contribution is -2.31. The molecule has 1 atom stereocenters. The predicted molar refractivity (Wildman–Crippen MR) is 61.5 cm³/mol. The third-order valence-corrected chi connectivity index (χ3v) is 3.25. The van der Waals surface area contributed by atoms with Gasteiger partial charge in [-0.1, -0.05) is 0 Å². The predicted octanol–water partition coefficient (Wildman–Crippen LogP) is 1.25. The van der Waals surface area contributed by atoms with Crippen LogP contribution in [0.25, 0.3) is 0 Å². The van der Waals surface area contributed by atoms with Gasteiger partial charge in [-0.3, -0.25) is 9.78 Å². The fourth-order valence-corrected chi connectivity index (χ4v) is 2.07. The van der Waals surface area contributed by atoms with Crippen LogP contribution in [0.2, 0.25) is 0 Å². The molecule has 1 saturated heterocycles. The number of anilines is 1. The summed E-state index contributed by atoms with van der Waals surface area (Å²) >= 11 is 0. The number of pyridine rings is 1. The first-order chi connectivity index (χ1) is 8.07. The van der Waals surface area contributed by atoms with E-state index in [0.29, 0.717) is 25.1 Å². The third kappa shape index (κ3) is 1.94. The Morgan fingerprint density at radius 2 is 2.47 bits per heavy atom. The molecule has 1 N–H and O–H groups in total. The molecule has 0 aliphatic carbocycles. The second kappa shape index (κ2) is 4.06. The van der Waals surface area contributed by atoms with Gasteiger partial charge in [0.25, 0.3) is 0 Å². The zero-order chi connectivity index (χ0) is 12.5. The molecule has 0 bridgehead atoms. The van der Waals surface area contributed by atoms with Crippen molar-refractivity contribution in [2.45, 2.75) is 13.3 Å². The minimum Gasteiger partial charge on any atom is -0.481 e. The van der Waals surface area contributed by atoms with E-state index < -0.39 is 11.4 Å². The maximum absolute atomic E-state index is 11.1. The molecule has 2 heterocycles. The van der Waals surface area contributed by atoms with Gasteiger partial charge in [0.2, 0.25) is 0 Å². The van der Waals surface area contributed by atoms with Gasteiger partial charge >= 0.3 is 5.97 Å². The summed E-state index contributed by atoms with van der Waals surface area (Å²) in [6.45, 7) is 2.80. The monoisotopic (exact) mass is 231 g/mol. The highest BCUT2D eigenvalue weighted by Crippen LogP contribution is 2.34. The number of carboxylic acid groups (broad SMARTS) is 1. The van der Waals surface area contributed by atoms with E-state index in [4.69, 9.17) is 10.4 Å². The van der Waals surface area contributed by atoms with Gasteiger partial charge in [0.05, 0.1) is 22.9 Å². The van der Waals surface area contributed by atoms with Gasteiger partial charge in [0, 0.05) is 19.3 Å². The minimum atomic E-state index is -0.789. The molecule has 1 aromatic rings. The summed E-state index contributed by atoms with van der Waals surface area (Å²) in [6.07, 6.45) is 3.77. The zero-order valence-electron chi connectivity index (χ0n) is 9.55. The highest BCUT2D eigenvalue weighted by molar-refractivity contribution is 5.76. The molecule has 0 aromatic carbocycles. The average Bonchev–Trinajstić information content (AvgIpc) is 2.73. The first kappa shape index (κ1) is 11.4. The van der Waals surface area contributed by atoms with E-state index in [1.807, 2.05) is 4.90 Å². The standard InChI is InChI=1S/C12H13N3O2/c1-12(11(16)17)3-5-15(8-12)10-7-14-4-2-9(10)6-13/h2,4,7H,3,5,8H2,1H3,(H,16,17). The molecule has 1 aromatic heterocycles. The van der Waals surface area contributed by atoms with Crippen molar-refractivity contribution in [3.8, 4) is 6.07 Å². The molecule has 17 heavy (non-hydrogen) atoms. The van der Waals surface area contributed by atoms with Gasteiger partial charge < -0.3 is 10.0 Å². The van der Waals surface area contributed by atoms with Crippen LogP contribution in [-0.4, -0.2) is 29.1 Å². The Morgan fingerprint density at radius 3 is 3.06 bits per heavy atom. The summed E-state index contributed by atoms with van der Waals surface area (Å²) in [4.78, 5) is 17.1. The molecular formula is C12H13N3O2. The fourth-order valence-electron chi connectivity index (χ4n) is 2.07. The second-order valence-electron chi connectivity index (χ2n) is 4.54. The molecule has 1 aliphatic rings. The van der Waals surface area contributed by atoms with Crippen LogP contribution < -0.4 is 4.90 Å². The summed E-state index contributed by atoms with van der Waals surface area (Å²) in [5.74, 6) is -0.789. The molecular weight excluding hydrogens is 218 g/mol. The molecule has 0 amide bonds. The van der Waals surface area contributed by atoms with Crippen LogP contribution in [0.5, 0.6) is 0 Å². The number of nitrogens with zero attached hydrogens (tertiary/aromatic N) is 3. The first-order valence-corrected chi connectivity index (χ1v) is 5.39. The molecule has 5 heteroatoms. The lowest BCUT2D eigenvalue weighted by atomic mass is 9.90. The number of carbonyl (C=O) groups is 1. The van der Waals surface area contributed by atoms with Gasteiger partial charge in [0.1, 0.15) is 6.07 Å². The highest BCUT2D eigenvalue weighted by Gasteiger charge is 2.41. The first-order valence-electron chi connectivity index (χ1n) is 5.39. The van der Waals surface area contributed by atoms with E-state index in [-0.39, 0.29) is 0 Å². The molecule has 1 aliphatic heterocycles. The van der Waals surface area contributed by atoms with Crippen molar-refractivity contribution in [1.82, 2.24) is 4.98 Å². The largest absolute Gasteiger partial charge is 0.481 e. The summed E-state index contributed by atoms with van der Waals surface area (Å²) in [5.41, 5.74) is 0.525. The van der Waals surface area contributed by atoms with E-state index in [2.05, 4.69) is 11.1 Å². The van der Waals surface area contributed by atoms with Crippen molar-refractivity contribution in [3.63, 3.8) is 0 Å². The van der Waals surface area contributed by atoms with Crippen molar-refractivity contribution in [2.24, 2.45) is 5.41 Å². The average molecular weight is 231 g/mol. The van der Waals surface area contributed by atoms with Crippen molar-refractivity contribution in [1.29, 1.82) is 5.26 Å². The van der Waals surface area contributed by atoms with Crippen LogP contribution in [0.1, 0.15) is 18.9 Å². The quantitative estimate of drug-likeness (QED) is 0.829. The second-order valence-corrected chi connectivity index (χ2v) is 4.54. The van der Waals surface area contributed by atoms with Gasteiger partial charge in [-0.05, 0) is 19.4 Å². The Hall–Kier alpha value is -2.09. The Balaban J connectivity index is 2.27. The number of nitriles is 1. The van der Waals surface area contributed by atoms with Gasteiger partial charge in [-0.25, -0.2) is 0 Å². The molecule has 5 nitrogen and oxygen atoms in total. The summed E-state index contributed by atoms with van der Waals surface area (Å²) in [5, 5.41) is 18.2. The van der Waals surface area contributed by atoms with Crippen molar-refractivity contribution in [3.05, 3.63) is 24.0 Å². The maximum atomic E-state index is 11.1. The number of aliphatic carboxylic acids is 1. The Morgan fingerprint density at radius 1 is 1.71 bits per heavy atom. The van der Waals surface area contributed by atoms with Crippen LogP contribution in [0, 0.1) is 16.7 Å². The highest BCUT2D eigenvalue weighted by atomic mass is 16.4. The lowest BCUT2D eigenvalue weighted by molar-refractivity contribution is -0.146. The molecule has 1 fully saturated rings. The van der Waals surface area contributed by atoms with Crippen molar-refractivity contribution >= 4 is 11.7 Å². The number of carboxylic acids is 1. The number of aromatic nitrogens is 1.